The van der Waals surface area contributed by atoms with Crippen molar-refractivity contribution in [2.24, 2.45) is 0 Å². The Kier molecular flexibility index (Phi) is 87.8. The summed E-state index contributed by atoms with van der Waals surface area (Å²) in [5.41, 5.74) is 0. The monoisotopic (exact) mass is 122 g/mol. The van der Waals surface area contributed by atoms with E-state index in [-0.39, 0.29) is 22.3 Å². The number of nitrogens with one attached hydrogen (secondary N) is 2. The lowest BCUT2D eigenvalue weighted by Gasteiger charge is -1.88. The fraction of sp³-hybridized carbons (Fsp3) is 1.00. The number of hydrogen-bond donors (Lipinski definition) is 2. The molecule has 0 radical (unpaired) electrons. The lowest BCUT2D eigenvalue weighted by Crippen LogP contribution is -2.21. The van der Waals surface area contributed by atoms with E-state index in [1.807, 2.05) is 14.1 Å². The van der Waals surface area contributed by atoms with Crippen LogP contribution in [-0.4, -0.2) is 20.8 Å². The van der Waals surface area contributed by atoms with Gasteiger partial charge in [0.15, 0.2) is 0 Å². The van der Waals surface area contributed by atoms with E-state index in [1.165, 1.54) is 0 Å². The van der Waals surface area contributed by atoms with Crippen LogP contribution in [0.15, 0.2) is 0 Å². The maximum absolute atomic E-state index is 2.91. The summed E-state index contributed by atoms with van der Waals surface area (Å²) in [6, 6.07) is 0. The van der Waals surface area contributed by atoms with Gasteiger partial charge in [-0.25, -0.2) is 0 Å². The first-order chi connectivity index (χ1) is 2.41. The van der Waals surface area contributed by atoms with Crippen LogP contribution < -0.4 is 10.6 Å². The third-order valence-electron chi connectivity index (χ3n) is 0.354. The van der Waals surface area contributed by atoms with Crippen molar-refractivity contribution >= 4 is 0 Å². The van der Waals surface area contributed by atoms with Gasteiger partial charge in [-0.2, -0.15) is 0 Å². The van der Waals surface area contributed by atoms with Crippen LogP contribution >= 0.6 is 0 Å². The van der Waals surface area contributed by atoms with Crippen LogP contribution in [0, 0.1) is 0 Å². The molecular weight excluding hydrogens is 100 g/mol. The summed E-state index contributed by atoms with van der Waals surface area (Å²) in [6.07, 6.45) is 0. The SMILES string of the molecule is C.C.C.CNCNC. The Morgan fingerprint density at radius 2 is 1.12 bits per heavy atom. The molecule has 0 atom stereocenters. The molecule has 0 aliphatic carbocycles. The van der Waals surface area contributed by atoms with E-state index in [4.69, 9.17) is 0 Å². The topological polar surface area (TPSA) is 24.1 Å². The predicted octanol–water partition coefficient (Wildman–Crippen LogP) is 1.29. The number of rotatable bonds is 2. The van der Waals surface area contributed by atoms with E-state index in [9.17, 15) is 0 Å². The van der Waals surface area contributed by atoms with Crippen LogP contribution in [0.1, 0.15) is 22.3 Å². The zero-order valence-corrected chi connectivity index (χ0v) is 3.71. The maximum Gasteiger partial charge on any atom is 0.0449 e. The van der Waals surface area contributed by atoms with Gasteiger partial charge in [0.25, 0.3) is 0 Å². The van der Waals surface area contributed by atoms with Crippen molar-refractivity contribution in [3.05, 3.63) is 0 Å². The van der Waals surface area contributed by atoms with Gasteiger partial charge in [0.2, 0.25) is 0 Å². The van der Waals surface area contributed by atoms with Crippen LogP contribution in [-0.2, 0) is 0 Å². The molecule has 0 amide bonds. The van der Waals surface area contributed by atoms with E-state index < -0.39 is 0 Å². The molecule has 0 rings (SSSR count). The summed E-state index contributed by atoms with van der Waals surface area (Å²) in [5, 5.41) is 5.81. The van der Waals surface area contributed by atoms with Gasteiger partial charge in [0.05, 0.1) is 0 Å². The third-order valence-corrected chi connectivity index (χ3v) is 0.354. The first-order valence-corrected chi connectivity index (χ1v) is 1.71. The van der Waals surface area contributed by atoms with Crippen molar-refractivity contribution in [1.29, 1.82) is 0 Å². The minimum absolute atomic E-state index is 0. The third kappa shape index (κ3) is 38.9. The second-order valence-corrected chi connectivity index (χ2v) is 0.884. The summed E-state index contributed by atoms with van der Waals surface area (Å²) in [4.78, 5) is 0. The summed E-state index contributed by atoms with van der Waals surface area (Å²) in [5.74, 6) is 0. The Morgan fingerprint density at radius 1 is 0.875 bits per heavy atom. The molecule has 2 nitrogen and oxygen atoms in total. The second kappa shape index (κ2) is 28.4. The Labute approximate surface area is 54.7 Å². The lowest BCUT2D eigenvalue weighted by molar-refractivity contribution is 0.708. The molecule has 2 heteroatoms. The van der Waals surface area contributed by atoms with Crippen LogP contribution in [0.3, 0.4) is 0 Å². The van der Waals surface area contributed by atoms with Crippen molar-refractivity contribution < 1.29 is 0 Å². The smallest absolute Gasteiger partial charge is 0.0449 e. The molecule has 0 aromatic carbocycles. The zero-order valence-electron chi connectivity index (χ0n) is 3.71. The highest BCUT2D eigenvalue weighted by Gasteiger charge is 1.60. The Bertz CT molecular complexity index is 14.0. The first kappa shape index (κ1) is 24.7. The molecular formula is C6H22N2. The molecule has 0 spiro atoms. The normalized spacial score (nSPS) is 5.25. The van der Waals surface area contributed by atoms with E-state index in [0.29, 0.717) is 0 Å². The van der Waals surface area contributed by atoms with E-state index in [0.717, 1.165) is 6.67 Å². The predicted molar refractivity (Wildman–Crippen MR) is 43.2 cm³/mol. The molecule has 0 aliphatic rings. The van der Waals surface area contributed by atoms with Gasteiger partial charge >= 0.3 is 0 Å². The van der Waals surface area contributed by atoms with Gasteiger partial charge in [-0.1, -0.05) is 22.3 Å². The molecule has 0 bridgehead atoms. The molecule has 0 aliphatic heterocycles. The van der Waals surface area contributed by atoms with Gasteiger partial charge < -0.3 is 10.6 Å². The first-order valence-electron chi connectivity index (χ1n) is 1.71. The van der Waals surface area contributed by atoms with Crippen molar-refractivity contribution in [2.75, 3.05) is 20.8 Å². The lowest BCUT2D eigenvalue weighted by atomic mass is 11.0. The number of hydrogen-bond acceptors (Lipinski definition) is 2. The van der Waals surface area contributed by atoms with Crippen molar-refractivity contribution in [1.82, 2.24) is 10.6 Å². The molecule has 0 aromatic heterocycles. The summed E-state index contributed by atoms with van der Waals surface area (Å²) >= 11 is 0. The van der Waals surface area contributed by atoms with Crippen molar-refractivity contribution in [2.45, 2.75) is 22.3 Å². The molecule has 56 valence electrons. The summed E-state index contributed by atoms with van der Waals surface area (Å²) in [7, 11) is 3.80. The second-order valence-electron chi connectivity index (χ2n) is 0.884. The van der Waals surface area contributed by atoms with Gasteiger partial charge in [-0.05, 0) is 14.1 Å². The Morgan fingerprint density at radius 3 is 1.12 bits per heavy atom. The molecule has 8 heavy (non-hydrogen) atoms. The van der Waals surface area contributed by atoms with Gasteiger partial charge in [-0.3, -0.25) is 0 Å². The van der Waals surface area contributed by atoms with Crippen LogP contribution in [0.4, 0.5) is 0 Å². The molecule has 2 N–H and O–H groups in total. The summed E-state index contributed by atoms with van der Waals surface area (Å²) in [6.45, 7) is 0.889. The minimum Gasteiger partial charge on any atom is -0.308 e. The van der Waals surface area contributed by atoms with Crippen LogP contribution in [0.2, 0.25) is 0 Å². The van der Waals surface area contributed by atoms with E-state index in [1.54, 1.807) is 0 Å². The minimum atomic E-state index is 0. The molecule has 0 fully saturated rings. The Hall–Kier alpha value is -0.0800. The van der Waals surface area contributed by atoms with Gasteiger partial charge in [0.1, 0.15) is 0 Å². The van der Waals surface area contributed by atoms with Gasteiger partial charge in [-0.15, -0.1) is 0 Å². The van der Waals surface area contributed by atoms with Crippen LogP contribution in [0.25, 0.3) is 0 Å². The molecule has 0 unspecified atom stereocenters. The molecule has 0 aromatic rings. The molecule has 0 saturated heterocycles. The average Bonchev–Trinajstić information content (AvgIpc) is 1.41. The highest BCUT2D eigenvalue weighted by molar-refractivity contribution is 4.22. The molecule has 0 heterocycles. The van der Waals surface area contributed by atoms with Crippen molar-refractivity contribution in [3.63, 3.8) is 0 Å². The van der Waals surface area contributed by atoms with Crippen molar-refractivity contribution in [3.8, 4) is 0 Å². The quantitative estimate of drug-likeness (QED) is 0.539. The highest BCUT2D eigenvalue weighted by Crippen LogP contribution is 1.30. The summed E-state index contributed by atoms with van der Waals surface area (Å²) < 4.78 is 0. The standard InChI is InChI=1S/C3H10N2.3CH4/c1-4-3-5-2;;;/h4-5H,3H2,1-2H3;3*1H4. The fourth-order valence-electron chi connectivity index (χ4n) is 0.177. The van der Waals surface area contributed by atoms with E-state index in [2.05, 4.69) is 10.6 Å². The van der Waals surface area contributed by atoms with Gasteiger partial charge in [0, 0.05) is 6.67 Å². The van der Waals surface area contributed by atoms with E-state index >= 15 is 0 Å². The largest absolute Gasteiger partial charge is 0.308 e. The maximum atomic E-state index is 2.91. The average molecular weight is 122 g/mol. The van der Waals surface area contributed by atoms with Crippen LogP contribution in [0.5, 0.6) is 0 Å². The molecule has 0 saturated carbocycles. The fourth-order valence-corrected chi connectivity index (χ4v) is 0.177. The Balaban J connectivity index is -0.0000000267. The zero-order chi connectivity index (χ0) is 4.12. The highest BCUT2D eigenvalue weighted by atomic mass is 15.0.